The van der Waals surface area contributed by atoms with Crippen molar-refractivity contribution < 1.29 is 9.59 Å². The molecule has 1 atom stereocenters. The SMILES string of the molecule is Cc1cc(C)c(NC(=O)C(=O)NCC(c2cccnc2)N2CCN(c3ccccc3)CC2)c(C)c1. The molecular weight excluding hydrogens is 438 g/mol. The molecule has 1 aromatic heterocycles. The molecule has 2 amide bonds. The van der Waals surface area contributed by atoms with Crippen LogP contribution in [-0.4, -0.2) is 54.4 Å². The van der Waals surface area contributed by atoms with Gasteiger partial charge in [0.15, 0.2) is 0 Å². The lowest BCUT2D eigenvalue weighted by molar-refractivity contribution is -0.136. The highest BCUT2D eigenvalue weighted by molar-refractivity contribution is 6.39. The minimum absolute atomic E-state index is 0.0683. The molecule has 0 bridgehead atoms. The molecule has 7 heteroatoms. The summed E-state index contributed by atoms with van der Waals surface area (Å²) in [5, 5.41) is 5.65. The zero-order valence-electron chi connectivity index (χ0n) is 20.6. The first-order valence-corrected chi connectivity index (χ1v) is 12.0. The molecule has 182 valence electrons. The van der Waals surface area contributed by atoms with E-state index in [1.165, 1.54) is 5.69 Å². The van der Waals surface area contributed by atoms with Crippen molar-refractivity contribution in [2.75, 3.05) is 42.9 Å². The Morgan fingerprint density at radius 2 is 1.60 bits per heavy atom. The van der Waals surface area contributed by atoms with Crippen LogP contribution in [0.15, 0.2) is 67.0 Å². The van der Waals surface area contributed by atoms with Crippen LogP contribution in [0.3, 0.4) is 0 Å². The van der Waals surface area contributed by atoms with Gasteiger partial charge in [-0.25, -0.2) is 0 Å². The summed E-state index contributed by atoms with van der Waals surface area (Å²) in [5.41, 5.74) is 5.93. The molecule has 0 spiro atoms. The standard InChI is InChI=1S/C28H33N5O2/c1-20-16-21(2)26(22(3)17-20)31-28(35)27(34)30-19-25(23-8-7-11-29-18-23)33-14-12-32(13-15-33)24-9-5-4-6-10-24/h4-11,16-18,25H,12-15,19H2,1-3H3,(H,30,34)(H,31,35). The van der Waals surface area contributed by atoms with Crippen LogP contribution in [0.4, 0.5) is 11.4 Å². The largest absolute Gasteiger partial charge is 0.369 e. The Kier molecular flexibility index (Phi) is 7.77. The summed E-state index contributed by atoms with van der Waals surface area (Å²) < 4.78 is 0. The fourth-order valence-corrected chi connectivity index (χ4v) is 4.78. The molecule has 1 fully saturated rings. The number of aryl methyl sites for hydroxylation is 3. The highest BCUT2D eigenvalue weighted by Gasteiger charge is 2.27. The van der Waals surface area contributed by atoms with Crippen molar-refractivity contribution in [3.05, 3.63) is 89.2 Å². The molecule has 1 unspecified atom stereocenters. The van der Waals surface area contributed by atoms with Gasteiger partial charge in [-0.1, -0.05) is 42.0 Å². The third-order valence-corrected chi connectivity index (χ3v) is 6.52. The van der Waals surface area contributed by atoms with E-state index in [9.17, 15) is 9.59 Å². The maximum atomic E-state index is 12.7. The van der Waals surface area contributed by atoms with E-state index < -0.39 is 11.8 Å². The molecule has 1 aliphatic heterocycles. The third kappa shape index (κ3) is 6.05. The predicted molar refractivity (Wildman–Crippen MR) is 139 cm³/mol. The predicted octanol–water partition coefficient (Wildman–Crippen LogP) is 3.63. The molecule has 3 aromatic rings. The quantitative estimate of drug-likeness (QED) is 0.537. The number of hydrogen-bond acceptors (Lipinski definition) is 5. The number of rotatable bonds is 6. The van der Waals surface area contributed by atoms with Crippen molar-refractivity contribution in [3.8, 4) is 0 Å². The Morgan fingerprint density at radius 1 is 0.914 bits per heavy atom. The smallest absolute Gasteiger partial charge is 0.313 e. The van der Waals surface area contributed by atoms with Gasteiger partial charge in [0.05, 0.1) is 6.04 Å². The van der Waals surface area contributed by atoms with Crippen LogP contribution < -0.4 is 15.5 Å². The second kappa shape index (κ2) is 11.1. The Labute approximate surface area is 207 Å². The van der Waals surface area contributed by atoms with Crippen molar-refractivity contribution in [1.29, 1.82) is 0 Å². The summed E-state index contributed by atoms with van der Waals surface area (Å²) in [6, 6.07) is 18.2. The van der Waals surface area contributed by atoms with Crippen LogP contribution in [0.25, 0.3) is 0 Å². The van der Waals surface area contributed by atoms with Gasteiger partial charge in [0.1, 0.15) is 0 Å². The first-order chi connectivity index (χ1) is 16.9. The highest BCUT2D eigenvalue weighted by Crippen LogP contribution is 2.24. The molecule has 0 radical (unpaired) electrons. The monoisotopic (exact) mass is 471 g/mol. The number of anilines is 2. The van der Waals surface area contributed by atoms with Crippen LogP contribution in [-0.2, 0) is 9.59 Å². The van der Waals surface area contributed by atoms with Crippen molar-refractivity contribution in [1.82, 2.24) is 15.2 Å². The van der Waals surface area contributed by atoms with Gasteiger partial charge < -0.3 is 15.5 Å². The number of para-hydroxylation sites is 1. The summed E-state index contributed by atoms with van der Waals surface area (Å²) in [5.74, 6) is -1.29. The van der Waals surface area contributed by atoms with Crippen molar-refractivity contribution in [2.24, 2.45) is 0 Å². The van der Waals surface area contributed by atoms with E-state index >= 15 is 0 Å². The lowest BCUT2D eigenvalue weighted by Gasteiger charge is -2.40. The highest BCUT2D eigenvalue weighted by atomic mass is 16.2. The minimum Gasteiger partial charge on any atom is -0.369 e. The second-order valence-electron chi connectivity index (χ2n) is 9.10. The number of hydrogen-bond donors (Lipinski definition) is 2. The van der Waals surface area contributed by atoms with Gasteiger partial charge in [-0.2, -0.15) is 0 Å². The van der Waals surface area contributed by atoms with E-state index in [1.54, 1.807) is 6.20 Å². The number of nitrogens with one attached hydrogen (secondary N) is 2. The number of amides is 2. The number of aromatic nitrogens is 1. The molecule has 0 aliphatic carbocycles. The zero-order chi connectivity index (χ0) is 24.8. The lowest BCUT2D eigenvalue weighted by atomic mass is 10.0. The maximum absolute atomic E-state index is 12.7. The van der Waals surface area contributed by atoms with Gasteiger partial charge in [-0.15, -0.1) is 0 Å². The fourth-order valence-electron chi connectivity index (χ4n) is 4.78. The number of carbonyl (C=O) groups excluding carboxylic acids is 2. The Balaban J connectivity index is 1.40. The van der Waals surface area contributed by atoms with Gasteiger partial charge in [0.25, 0.3) is 0 Å². The van der Waals surface area contributed by atoms with Gasteiger partial charge in [-0.3, -0.25) is 19.5 Å². The summed E-state index contributed by atoms with van der Waals surface area (Å²) in [6.07, 6.45) is 3.58. The first-order valence-electron chi connectivity index (χ1n) is 12.0. The fraction of sp³-hybridized carbons (Fsp3) is 0.321. The van der Waals surface area contributed by atoms with Crippen LogP contribution in [0.1, 0.15) is 28.3 Å². The zero-order valence-corrected chi connectivity index (χ0v) is 20.6. The van der Waals surface area contributed by atoms with Gasteiger partial charge in [-0.05, 0) is 55.7 Å². The van der Waals surface area contributed by atoms with Gasteiger partial charge in [0, 0.05) is 56.5 Å². The summed E-state index contributed by atoms with van der Waals surface area (Å²) in [6.45, 7) is 9.67. The Hall–Kier alpha value is -3.71. The number of pyridine rings is 1. The van der Waals surface area contributed by atoms with E-state index in [0.29, 0.717) is 12.2 Å². The average molecular weight is 472 g/mol. The van der Waals surface area contributed by atoms with E-state index in [1.807, 2.05) is 57.3 Å². The molecule has 2 N–H and O–H groups in total. The average Bonchev–Trinajstić information content (AvgIpc) is 2.87. The Bertz CT molecular complexity index is 1140. The molecule has 35 heavy (non-hydrogen) atoms. The Morgan fingerprint density at radius 3 is 2.23 bits per heavy atom. The van der Waals surface area contributed by atoms with E-state index in [-0.39, 0.29) is 6.04 Å². The topological polar surface area (TPSA) is 77.6 Å². The number of benzene rings is 2. The van der Waals surface area contributed by atoms with Gasteiger partial charge >= 0.3 is 11.8 Å². The van der Waals surface area contributed by atoms with Gasteiger partial charge in [0.2, 0.25) is 0 Å². The number of nitrogens with zero attached hydrogens (tertiary/aromatic N) is 3. The molecule has 1 saturated heterocycles. The van der Waals surface area contributed by atoms with E-state index in [4.69, 9.17) is 0 Å². The normalized spacial score (nSPS) is 14.9. The summed E-state index contributed by atoms with van der Waals surface area (Å²) in [4.78, 5) is 34.4. The molecule has 0 saturated carbocycles. The summed E-state index contributed by atoms with van der Waals surface area (Å²) >= 11 is 0. The number of carbonyl (C=O) groups is 2. The third-order valence-electron chi connectivity index (χ3n) is 6.52. The van der Waals surface area contributed by atoms with Crippen molar-refractivity contribution >= 4 is 23.2 Å². The molecular formula is C28H33N5O2. The number of piperazine rings is 1. The molecule has 4 rings (SSSR count). The van der Waals surface area contributed by atoms with E-state index in [2.05, 4.69) is 49.7 Å². The first kappa shape index (κ1) is 24.4. The van der Waals surface area contributed by atoms with Crippen molar-refractivity contribution in [3.63, 3.8) is 0 Å². The van der Waals surface area contributed by atoms with Crippen LogP contribution in [0.2, 0.25) is 0 Å². The maximum Gasteiger partial charge on any atom is 0.313 e. The van der Waals surface area contributed by atoms with E-state index in [0.717, 1.165) is 48.4 Å². The minimum atomic E-state index is -0.654. The summed E-state index contributed by atoms with van der Waals surface area (Å²) in [7, 11) is 0. The van der Waals surface area contributed by atoms with Crippen molar-refractivity contribution in [2.45, 2.75) is 26.8 Å². The van der Waals surface area contributed by atoms with Crippen LogP contribution in [0, 0.1) is 20.8 Å². The second-order valence-corrected chi connectivity index (χ2v) is 9.10. The molecule has 2 aromatic carbocycles. The van der Waals surface area contributed by atoms with Crippen LogP contribution >= 0.6 is 0 Å². The lowest BCUT2D eigenvalue weighted by Crippen LogP contribution is -2.50. The van der Waals surface area contributed by atoms with Crippen LogP contribution in [0.5, 0.6) is 0 Å². The molecule has 1 aliphatic rings. The molecule has 7 nitrogen and oxygen atoms in total. The molecule has 2 heterocycles.